The van der Waals surface area contributed by atoms with E-state index in [0.717, 1.165) is 5.56 Å². The number of hydrogen-bond donors (Lipinski definition) is 1. The molecule has 1 aromatic heterocycles. The molecule has 7 heteroatoms. The first-order valence-corrected chi connectivity index (χ1v) is 11.5. The van der Waals surface area contributed by atoms with Gasteiger partial charge >= 0.3 is 0 Å². The van der Waals surface area contributed by atoms with E-state index >= 15 is 0 Å². The van der Waals surface area contributed by atoms with Gasteiger partial charge in [-0.2, -0.15) is 0 Å². The van der Waals surface area contributed by atoms with Gasteiger partial charge in [0.05, 0.1) is 21.8 Å². The van der Waals surface area contributed by atoms with Crippen LogP contribution in [0.15, 0.2) is 106 Å². The van der Waals surface area contributed by atoms with Crippen LogP contribution in [0.4, 0.5) is 10.1 Å². The predicted octanol–water partition coefficient (Wildman–Crippen LogP) is 4.01. The SMILES string of the molecule is CC1=C(C(=O)Nc2ccccc2)[C@H](c2ccccc2)n2c(s/c(=C/c3ccccc3F)c2=O)=N1. The van der Waals surface area contributed by atoms with Gasteiger partial charge in [0.25, 0.3) is 11.5 Å². The van der Waals surface area contributed by atoms with E-state index in [9.17, 15) is 14.0 Å². The van der Waals surface area contributed by atoms with Gasteiger partial charge in [-0.05, 0) is 36.8 Å². The van der Waals surface area contributed by atoms with Crippen molar-refractivity contribution in [1.82, 2.24) is 4.57 Å². The van der Waals surface area contributed by atoms with Crippen molar-refractivity contribution in [1.29, 1.82) is 0 Å². The summed E-state index contributed by atoms with van der Waals surface area (Å²) in [6.45, 7) is 1.77. The molecule has 3 aromatic carbocycles. The molecule has 0 radical (unpaired) electrons. The first-order chi connectivity index (χ1) is 16.5. The van der Waals surface area contributed by atoms with E-state index in [1.54, 1.807) is 37.3 Å². The number of amides is 1. The number of fused-ring (bicyclic) bond motifs is 1. The fourth-order valence-corrected chi connectivity index (χ4v) is 5.05. The van der Waals surface area contributed by atoms with Crippen molar-refractivity contribution in [2.75, 3.05) is 5.32 Å². The van der Waals surface area contributed by atoms with Crippen LogP contribution in [-0.2, 0) is 4.79 Å². The van der Waals surface area contributed by atoms with Crippen LogP contribution >= 0.6 is 11.3 Å². The van der Waals surface area contributed by atoms with Gasteiger partial charge in [-0.25, -0.2) is 9.38 Å². The van der Waals surface area contributed by atoms with Crippen LogP contribution in [0.5, 0.6) is 0 Å². The Morgan fingerprint density at radius 1 is 1.00 bits per heavy atom. The van der Waals surface area contributed by atoms with Crippen LogP contribution in [0.2, 0.25) is 0 Å². The number of allylic oxidation sites excluding steroid dienone is 1. The van der Waals surface area contributed by atoms with E-state index in [4.69, 9.17) is 0 Å². The second-order valence-corrected chi connectivity index (χ2v) is 8.84. The fraction of sp³-hybridized carbons (Fsp3) is 0.0741. The molecular formula is C27H20FN3O2S. The standard InChI is InChI=1S/C27H20FN3O2S/c1-17-23(25(32)30-20-13-6-3-7-14-20)24(18-10-4-2-5-11-18)31-26(33)22(34-27(31)29-17)16-19-12-8-9-15-21(19)28/h2-16,24H,1H3,(H,30,32)/b22-16+/t24-/m0/s1. The third-order valence-corrected chi connectivity index (χ3v) is 6.59. The zero-order valence-electron chi connectivity index (χ0n) is 18.2. The lowest BCUT2D eigenvalue weighted by Gasteiger charge is -2.25. The summed E-state index contributed by atoms with van der Waals surface area (Å²) in [5, 5.41) is 2.92. The van der Waals surface area contributed by atoms with E-state index < -0.39 is 11.9 Å². The number of rotatable bonds is 4. The molecule has 1 aliphatic heterocycles. The average molecular weight is 470 g/mol. The number of nitrogens with one attached hydrogen (secondary N) is 1. The Kier molecular flexibility index (Phi) is 5.77. The largest absolute Gasteiger partial charge is 0.322 e. The van der Waals surface area contributed by atoms with Gasteiger partial charge in [0, 0.05) is 11.3 Å². The monoisotopic (exact) mass is 469 g/mol. The van der Waals surface area contributed by atoms with Crippen LogP contribution in [-0.4, -0.2) is 10.5 Å². The molecular weight excluding hydrogens is 449 g/mol. The molecule has 0 saturated carbocycles. The van der Waals surface area contributed by atoms with Crippen molar-refractivity contribution in [3.05, 3.63) is 133 Å². The lowest BCUT2D eigenvalue weighted by atomic mass is 9.95. The van der Waals surface area contributed by atoms with Gasteiger partial charge in [0.2, 0.25) is 0 Å². The molecule has 0 bridgehead atoms. The number of carbonyl (C=O) groups is 1. The maximum absolute atomic E-state index is 14.2. The minimum atomic E-state index is -0.663. The molecule has 0 saturated heterocycles. The number of hydrogen-bond acceptors (Lipinski definition) is 4. The van der Waals surface area contributed by atoms with E-state index in [0.29, 0.717) is 31.9 Å². The number of halogens is 1. The van der Waals surface area contributed by atoms with Gasteiger partial charge in [0.1, 0.15) is 5.82 Å². The van der Waals surface area contributed by atoms with Gasteiger partial charge in [-0.3, -0.25) is 14.2 Å². The summed E-state index contributed by atoms with van der Waals surface area (Å²) in [4.78, 5) is 32.0. The number of para-hydroxylation sites is 1. The van der Waals surface area contributed by atoms with Crippen molar-refractivity contribution in [3.8, 4) is 0 Å². The summed E-state index contributed by atoms with van der Waals surface area (Å²) in [5.74, 6) is -0.739. The molecule has 1 N–H and O–H groups in total. The summed E-state index contributed by atoms with van der Waals surface area (Å²) in [6.07, 6.45) is 1.53. The summed E-state index contributed by atoms with van der Waals surface area (Å²) < 4.78 is 16.1. The molecule has 5 nitrogen and oxygen atoms in total. The molecule has 34 heavy (non-hydrogen) atoms. The number of aromatic nitrogens is 1. The van der Waals surface area contributed by atoms with E-state index in [1.165, 1.54) is 28.0 Å². The minimum Gasteiger partial charge on any atom is -0.322 e. The van der Waals surface area contributed by atoms with Crippen LogP contribution in [0.1, 0.15) is 24.1 Å². The average Bonchev–Trinajstić information content (AvgIpc) is 3.15. The molecule has 0 unspecified atom stereocenters. The first-order valence-electron chi connectivity index (χ1n) is 10.7. The molecule has 0 spiro atoms. The molecule has 0 fully saturated rings. The maximum atomic E-state index is 14.2. The van der Waals surface area contributed by atoms with Crippen LogP contribution in [0.25, 0.3) is 6.08 Å². The predicted molar refractivity (Wildman–Crippen MR) is 132 cm³/mol. The van der Waals surface area contributed by atoms with Crippen molar-refractivity contribution in [2.45, 2.75) is 13.0 Å². The molecule has 168 valence electrons. The highest BCUT2D eigenvalue weighted by Gasteiger charge is 2.32. The molecule has 1 atom stereocenters. The summed E-state index contributed by atoms with van der Waals surface area (Å²) >= 11 is 1.18. The highest BCUT2D eigenvalue weighted by Crippen LogP contribution is 2.30. The van der Waals surface area contributed by atoms with Gasteiger partial charge in [0.15, 0.2) is 4.80 Å². The molecule has 2 heterocycles. The minimum absolute atomic E-state index is 0.321. The molecule has 1 aliphatic rings. The van der Waals surface area contributed by atoms with Gasteiger partial charge < -0.3 is 5.32 Å². The number of thiazole rings is 1. The van der Waals surface area contributed by atoms with Gasteiger partial charge in [-0.1, -0.05) is 78.1 Å². The Bertz CT molecular complexity index is 1590. The van der Waals surface area contributed by atoms with E-state index in [-0.39, 0.29) is 11.5 Å². The fourth-order valence-electron chi connectivity index (χ4n) is 4.02. The third kappa shape index (κ3) is 4.02. The Balaban J connectivity index is 1.68. The second-order valence-electron chi connectivity index (χ2n) is 7.83. The quantitative estimate of drug-likeness (QED) is 0.491. The van der Waals surface area contributed by atoms with Gasteiger partial charge in [-0.15, -0.1) is 0 Å². The molecule has 0 aliphatic carbocycles. The number of benzene rings is 3. The zero-order chi connectivity index (χ0) is 23.7. The van der Waals surface area contributed by atoms with Crippen LogP contribution in [0, 0.1) is 5.82 Å². The Morgan fingerprint density at radius 3 is 2.35 bits per heavy atom. The van der Waals surface area contributed by atoms with Crippen LogP contribution < -0.4 is 20.2 Å². The number of nitrogens with zero attached hydrogens (tertiary/aromatic N) is 2. The highest BCUT2D eigenvalue weighted by molar-refractivity contribution is 7.07. The molecule has 1 amide bonds. The lowest BCUT2D eigenvalue weighted by molar-refractivity contribution is -0.113. The van der Waals surface area contributed by atoms with Crippen molar-refractivity contribution >= 4 is 29.0 Å². The molecule has 5 rings (SSSR count). The number of anilines is 1. The first kappa shape index (κ1) is 21.7. The van der Waals surface area contributed by atoms with Crippen molar-refractivity contribution in [2.24, 2.45) is 4.99 Å². The molecule has 4 aromatic rings. The second kappa shape index (κ2) is 9.03. The lowest BCUT2D eigenvalue weighted by Crippen LogP contribution is -2.40. The Labute approximate surface area is 198 Å². The normalized spacial score (nSPS) is 15.6. The number of carbonyl (C=O) groups excluding carboxylic acids is 1. The van der Waals surface area contributed by atoms with Crippen molar-refractivity contribution in [3.63, 3.8) is 0 Å². The van der Waals surface area contributed by atoms with Crippen LogP contribution in [0.3, 0.4) is 0 Å². The highest BCUT2D eigenvalue weighted by atomic mass is 32.1. The van der Waals surface area contributed by atoms with E-state index in [1.807, 2.05) is 48.5 Å². The maximum Gasteiger partial charge on any atom is 0.271 e. The Hall–Kier alpha value is -4.10. The summed E-state index contributed by atoms with van der Waals surface area (Å²) in [6, 6.07) is 24.1. The summed E-state index contributed by atoms with van der Waals surface area (Å²) in [7, 11) is 0. The smallest absolute Gasteiger partial charge is 0.271 e. The van der Waals surface area contributed by atoms with E-state index in [2.05, 4.69) is 10.3 Å². The topological polar surface area (TPSA) is 63.5 Å². The third-order valence-electron chi connectivity index (χ3n) is 5.61. The Morgan fingerprint density at radius 2 is 1.65 bits per heavy atom. The summed E-state index contributed by atoms with van der Waals surface area (Å²) in [5.41, 5.74) is 2.35. The zero-order valence-corrected chi connectivity index (χ0v) is 19.1. The van der Waals surface area contributed by atoms with Crippen molar-refractivity contribution < 1.29 is 9.18 Å².